The summed E-state index contributed by atoms with van der Waals surface area (Å²) in [6.07, 6.45) is 2.14. The van der Waals surface area contributed by atoms with Crippen LogP contribution in [0.2, 0.25) is 0 Å². The SMILES string of the molecule is CCCCn1c(COC(=O)Cc2ccsc2)nc2cc(S(N)(=O)=O)ccc21. The summed E-state index contributed by atoms with van der Waals surface area (Å²) in [5, 5.41) is 9.03. The van der Waals surface area contributed by atoms with Gasteiger partial charge in [-0.2, -0.15) is 11.3 Å². The van der Waals surface area contributed by atoms with Gasteiger partial charge in [-0.15, -0.1) is 0 Å². The van der Waals surface area contributed by atoms with Crippen LogP contribution in [0, 0.1) is 0 Å². The maximum atomic E-state index is 12.1. The molecule has 2 heterocycles. The Balaban J connectivity index is 1.84. The number of esters is 1. The average Bonchev–Trinajstić information content (AvgIpc) is 3.24. The molecule has 0 saturated carbocycles. The van der Waals surface area contributed by atoms with Crippen LogP contribution in [0.15, 0.2) is 39.9 Å². The van der Waals surface area contributed by atoms with E-state index in [1.165, 1.54) is 23.5 Å². The number of aromatic nitrogens is 2. The lowest BCUT2D eigenvalue weighted by Gasteiger charge is -2.09. The minimum absolute atomic E-state index is 0.0103. The number of ether oxygens (including phenoxy) is 1. The van der Waals surface area contributed by atoms with Crippen molar-refractivity contribution >= 4 is 38.4 Å². The van der Waals surface area contributed by atoms with Gasteiger partial charge < -0.3 is 9.30 Å². The van der Waals surface area contributed by atoms with E-state index in [1.54, 1.807) is 6.07 Å². The van der Waals surface area contributed by atoms with Gasteiger partial charge in [0, 0.05) is 6.54 Å². The van der Waals surface area contributed by atoms with Gasteiger partial charge in [-0.1, -0.05) is 13.3 Å². The first-order valence-corrected chi connectivity index (χ1v) is 11.1. The summed E-state index contributed by atoms with van der Waals surface area (Å²) in [5.41, 5.74) is 2.23. The number of carbonyl (C=O) groups excluding carboxylic acids is 1. The molecule has 0 bridgehead atoms. The second kappa shape index (κ2) is 8.20. The summed E-state index contributed by atoms with van der Waals surface area (Å²) >= 11 is 1.53. The van der Waals surface area contributed by atoms with E-state index < -0.39 is 10.0 Å². The number of unbranched alkanes of at least 4 members (excludes halogenated alkanes) is 1. The molecule has 3 aromatic rings. The minimum atomic E-state index is -3.80. The summed E-state index contributed by atoms with van der Waals surface area (Å²) < 4.78 is 30.5. The van der Waals surface area contributed by atoms with E-state index in [2.05, 4.69) is 11.9 Å². The third-order valence-corrected chi connectivity index (χ3v) is 5.80. The summed E-state index contributed by atoms with van der Waals surface area (Å²) in [6, 6.07) is 6.49. The smallest absolute Gasteiger partial charge is 0.310 e. The molecule has 3 rings (SSSR count). The Kier molecular flexibility index (Phi) is 5.93. The van der Waals surface area contributed by atoms with Gasteiger partial charge in [0.15, 0.2) is 0 Å². The molecule has 9 heteroatoms. The van der Waals surface area contributed by atoms with Gasteiger partial charge >= 0.3 is 5.97 Å². The van der Waals surface area contributed by atoms with Gasteiger partial charge in [-0.3, -0.25) is 4.79 Å². The van der Waals surface area contributed by atoms with Crippen LogP contribution in [0.4, 0.5) is 0 Å². The Morgan fingerprint density at radius 2 is 2.15 bits per heavy atom. The second-order valence-electron chi connectivity index (χ2n) is 6.20. The number of aryl methyl sites for hydroxylation is 1. The number of primary sulfonamides is 1. The van der Waals surface area contributed by atoms with Crippen LogP contribution >= 0.6 is 11.3 Å². The van der Waals surface area contributed by atoms with Crippen molar-refractivity contribution in [3.63, 3.8) is 0 Å². The molecule has 27 heavy (non-hydrogen) atoms. The number of nitrogens with two attached hydrogens (primary N) is 1. The van der Waals surface area contributed by atoms with E-state index in [0.29, 0.717) is 17.9 Å². The molecule has 2 aromatic heterocycles. The Hall–Kier alpha value is -2.23. The lowest BCUT2D eigenvalue weighted by Crippen LogP contribution is -2.12. The van der Waals surface area contributed by atoms with Gasteiger partial charge in [0.2, 0.25) is 10.0 Å². The van der Waals surface area contributed by atoms with Gasteiger partial charge in [0.05, 0.1) is 22.3 Å². The summed E-state index contributed by atoms with van der Waals surface area (Å²) in [6.45, 7) is 2.82. The Morgan fingerprint density at radius 3 is 2.81 bits per heavy atom. The van der Waals surface area contributed by atoms with Crippen LogP contribution < -0.4 is 5.14 Å². The first-order chi connectivity index (χ1) is 12.9. The molecule has 7 nitrogen and oxygen atoms in total. The molecule has 0 radical (unpaired) electrons. The predicted octanol–water partition coefficient (Wildman–Crippen LogP) is 2.83. The number of thiophene rings is 1. The van der Waals surface area contributed by atoms with Crippen LogP contribution in [0.1, 0.15) is 31.2 Å². The molecule has 0 aliphatic heterocycles. The number of nitrogens with zero attached hydrogens (tertiary/aromatic N) is 2. The molecular weight excluding hydrogens is 386 g/mol. The molecule has 0 aliphatic rings. The van der Waals surface area contributed by atoms with Crippen LogP contribution in [0.5, 0.6) is 0 Å². The van der Waals surface area contributed by atoms with Crippen molar-refractivity contribution in [2.24, 2.45) is 5.14 Å². The highest BCUT2D eigenvalue weighted by Crippen LogP contribution is 2.21. The molecule has 0 amide bonds. The molecule has 0 fully saturated rings. The Bertz CT molecular complexity index is 1040. The van der Waals surface area contributed by atoms with Crippen molar-refractivity contribution in [2.75, 3.05) is 0 Å². The maximum absolute atomic E-state index is 12.1. The number of hydrogen-bond acceptors (Lipinski definition) is 6. The van der Waals surface area contributed by atoms with Crippen molar-refractivity contribution in [3.05, 3.63) is 46.4 Å². The monoisotopic (exact) mass is 407 g/mol. The van der Waals surface area contributed by atoms with Crippen molar-refractivity contribution in [1.82, 2.24) is 9.55 Å². The molecule has 0 saturated heterocycles. The molecule has 0 unspecified atom stereocenters. The average molecular weight is 408 g/mol. The normalized spacial score (nSPS) is 11.8. The fourth-order valence-electron chi connectivity index (χ4n) is 2.77. The lowest BCUT2D eigenvalue weighted by molar-refractivity contribution is -0.144. The Labute approximate surface area is 161 Å². The van der Waals surface area contributed by atoms with Crippen molar-refractivity contribution in [1.29, 1.82) is 0 Å². The number of fused-ring (bicyclic) bond motifs is 1. The maximum Gasteiger partial charge on any atom is 0.310 e. The second-order valence-corrected chi connectivity index (χ2v) is 8.54. The molecule has 144 valence electrons. The molecule has 0 aliphatic carbocycles. The fourth-order valence-corrected chi connectivity index (χ4v) is 3.97. The third kappa shape index (κ3) is 4.74. The first kappa shape index (κ1) is 19.5. The van der Waals surface area contributed by atoms with Crippen LogP contribution in [-0.4, -0.2) is 23.9 Å². The highest BCUT2D eigenvalue weighted by Gasteiger charge is 2.16. The number of sulfonamides is 1. The lowest BCUT2D eigenvalue weighted by atomic mass is 10.2. The number of hydrogen-bond donors (Lipinski definition) is 1. The van der Waals surface area contributed by atoms with E-state index in [9.17, 15) is 13.2 Å². The van der Waals surface area contributed by atoms with E-state index >= 15 is 0 Å². The summed E-state index contributed by atoms with van der Waals surface area (Å²) in [4.78, 5) is 16.5. The topological polar surface area (TPSA) is 104 Å². The first-order valence-electron chi connectivity index (χ1n) is 8.57. The minimum Gasteiger partial charge on any atom is -0.457 e. The summed E-state index contributed by atoms with van der Waals surface area (Å²) in [7, 11) is -3.80. The van der Waals surface area contributed by atoms with E-state index in [4.69, 9.17) is 9.88 Å². The standard InChI is InChI=1S/C18H21N3O4S2/c1-2-3-7-21-16-5-4-14(27(19,23)24)10-15(16)20-17(21)11-25-18(22)9-13-6-8-26-12-13/h4-6,8,10,12H,2-3,7,9,11H2,1H3,(H2,19,23,24). The Morgan fingerprint density at radius 1 is 1.33 bits per heavy atom. The van der Waals surface area contributed by atoms with E-state index in [-0.39, 0.29) is 23.9 Å². The number of benzene rings is 1. The van der Waals surface area contributed by atoms with E-state index in [1.807, 2.05) is 21.4 Å². The molecule has 1 aromatic carbocycles. The van der Waals surface area contributed by atoms with Crippen LogP contribution in [-0.2, 0) is 39.1 Å². The highest BCUT2D eigenvalue weighted by atomic mass is 32.2. The van der Waals surface area contributed by atoms with Gasteiger partial charge in [0.25, 0.3) is 0 Å². The zero-order chi connectivity index (χ0) is 19.4. The number of rotatable bonds is 8. The molecule has 0 spiro atoms. The van der Waals surface area contributed by atoms with Crippen LogP contribution in [0.25, 0.3) is 11.0 Å². The van der Waals surface area contributed by atoms with E-state index in [0.717, 1.165) is 23.9 Å². The van der Waals surface area contributed by atoms with Crippen molar-refractivity contribution in [2.45, 2.75) is 44.2 Å². The highest BCUT2D eigenvalue weighted by molar-refractivity contribution is 7.89. The zero-order valence-corrected chi connectivity index (χ0v) is 16.6. The number of carbonyl (C=O) groups is 1. The molecule has 2 N–H and O–H groups in total. The third-order valence-electron chi connectivity index (χ3n) is 4.15. The summed E-state index contributed by atoms with van der Waals surface area (Å²) in [5.74, 6) is 0.261. The quantitative estimate of drug-likeness (QED) is 0.578. The van der Waals surface area contributed by atoms with Gasteiger partial charge in [-0.05, 0) is 47.0 Å². The van der Waals surface area contributed by atoms with Crippen LogP contribution in [0.3, 0.4) is 0 Å². The fraction of sp³-hybridized carbons (Fsp3) is 0.333. The van der Waals surface area contributed by atoms with Crippen molar-refractivity contribution in [3.8, 4) is 0 Å². The van der Waals surface area contributed by atoms with Gasteiger partial charge in [0.1, 0.15) is 12.4 Å². The zero-order valence-electron chi connectivity index (χ0n) is 14.9. The van der Waals surface area contributed by atoms with Gasteiger partial charge in [-0.25, -0.2) is 18.5 Å². The predicted molar refractivity (Wildman–Crippen MR) is 104 cm³/mol. The molecular formula is C18H21N3O4S2. The largest absolute Gasteiger partial charge is 0.457 e. The number of imidazole rings is 1. The van der Waals surface area contributed by atoms with Crippen molar-refractivity contribution < 1.29 is 17.9 Å². The molecule has 0 atom stereocenters.